The van der Waals surface area contributed by atoms with Gasteiger partial charge in [-0.3, -0.25) is 4.79 Å². The number of hydrogen-bond acceptors (Lipinski definition) is 4. The van der Waals surface area contributed by atoms with Crippen molar-refractivity contribution >= 4 is 17.2 Å². The maximum absolute atomic E-state index is 12.0. The van der Waals surface area contributed by atoms with Crippen molar-refractivity contribution in [3.8, 4) is 5.75 Å². The Hall–Kier alpha value is -1.88. The van der Waals surface area contributed by atoms with Gasteiger partial charge in [0.15, 0.2) is 0 Å². The van der Waals surface area contributed by atoms with Crippen molar-refractivity contribution < 1.29 is 9.53 Å². The van der Waals surface area contributed by atoms with E-state index in [0.29, 0.717) is 5.69 Å². The fraction of sp³-hybridized carbons (Fsp3) is 0.444. The van der Waals surface area contributed by atoms with Gasteiger partial charge < -0.3 is 10.1 Å². The molecule has 2 aromatic rings. The fourth-order valence-corrected chi connectivity index (χ4v) is 3.07. The second kappa shape index (κ2) is 9.30. The lowest BCUT2D eigenvalue weighted by atomic mass is 10.1. The van der Waals surface area contributed by atoms with Crippen LogP contribution in [-0.2, 0) is 6.42 Å². The molecule has 124 valence electrons. The lowest BCUT2D eigenvalue weighted by Gasteiger charge is -2.03. The average molecular weight is 332 g/mol. The molecule has 5 heteroatoms. The third-order valence-electron chi connectivity index (χ3n) is 3.61. The third kappa shape index (κ3) is 5.67. The van der Waals surface area contributed by atoms with Crippen LogP contribution in [0.15, 0.2) is 29.6 Å². The zero-order valence-electron chi connectivity index (χ0n) is 13.8. The molecule has 0 unspecified atom stereocenters. The molecule has 0 saturated heterocycles. The molecular weight excluding hydrogens is 308 g/mol. The molecule has 0 aliphatic rings. The number of amides is 1. The number of nitrogens with zero attached hydrogens (tertiary/aromatic N) is 1. The molecule has 0 fully saturated rings. The molecule has 2 rings (SSSR count). The molecule has 4 nitrogen and oxygen atoms in total. The van der Waals surface area contributed by atoms with Crippen molar-refractivity contribution in [3.05, 3.63) is 45.9 Å². The summed E-state index contributed by atoms with van der Waals surface area (Å²) in [7, 11) is 1.66. The highest BCUT2D eigenvalue weighted by molar-refractivity contribution is 7.09. The van der Waals surface area contributed by atoms with E-state index >= 15 is 0 Å². The van der Waals surface area contributed by atoms with Crippen molar-refractivity contribution in [3.63, 3.8) is 0 Å². The summed E-state index contributed by atoms with van der Waals surface area (Å²) in [6, 6.07) is 7.92. The maximum atomic E-state index is 12.0. The van der Waals surface area contributed by atoms with Crippen LogP contribution in [0.5, 0.6) is 5.75 Å². The summed E-state index contributed by atoms with van der Waals surface area (Å²) in [6.07, 6.45) is 5.35. The van der Waals surface area contributed by atoms with Crippen molar-refractivity contribution in [1.29, 1.82) is 0 Å². The van der Waals surface area contributed by atoms with Crippen LogP contribution in [0.3, 0.4) is 0 Å². The Morgan fingerprint density at radius 2 is 2.00 bits per heavy atom. The number of carbonyl (C=O) groups excluding carboxylic acids is 1. The summed E-state index contributed by atoms with van der Waals surface area (Å²) in [5.41, 5.74) is 1.68. The van der Waals surface area contributed by atoms with Crippen molar-refractivity contribution in [2.45, 2.75) is 39.0 Å². The molecule has 1 amide bonds. The minimum atomic E-state index is -0.0706. The van der Waals surface area contributed by atoms with Crippen LogP contribution < -0.4 is 10.1 Å². The quantitative estimate of drug-likeness (QED) is 0.705. The second-order valence-electron chi connectivity index (χ2n) is 5.47. The van der Waals surface area contributed by atoms with E-state index < -0.39 is 0 Å². The van der Waals surface area contributed by atoms with E-state index in [4.69, 9.17) is 4.74 Å². The number of carbonyl (C=O) groups is 1. The minimum Gasteiger partial charge on any atom is -0.497 e. The minimum absolute atomic E-state index is 0.0706. The lowest BCUT2D eigenvalue weighted by Crippen LogP contribution is -2.24. The maximum Gasteiger partial charge on any atom is 0.270 e. The van der Waals surface area contributed by atoms with E-state index in [1.807, 2.05) is 29.6 Å². The fourth-order valence-electron chi connectivity index (χ4n) is 2.26. The molecule has 1 heterocycles. The smallest absolute Gasteiger partial charge is 0.270 e. The summed E-state index contributed by atoms with van der Waals surface area (Å²) >= 11 is 1.53. The molecule has 0 aliphatic carbocycles. The van der Waals surface area contributed by atoms with Gasteiger partial charge in [0.1, 0.15) is 11.4 Å². The number of rotatable bonds is 9. The molecule has 1 aromatic heterocycles. The lowest BCUT2D eigenvalue weighted by molar-refractivity contribution is 0.0948. The van der Waals surface area contributed by atoms with Crippen LogP contribution in [0.1, 0.15) is 53.7 Å². The molecule has 0 saturated carbocycles. The van der Waals surface area contributed by atoms with Crippen molar-refractivity contribution in [2.75, 3.05) is 13.7 Å². The van der Waals surface area contributed by atoms with Gasteiger partial charge in [0.05, 0.1) is 12.1 Å². The van der Waals surface area contributed by atoms with Gasteiger partial charge in [-0.25, -0.2) is 4.98 Å². The van der Waals surface area contributed by atoms with Gasteiger partial charge in [0, 0.05) is 18.3 Å². The summed E-state index contributed by atoms with van der Waals surface area (Å²) in [5, 5.41) is 5.72. The van der Waals surface area contributed by atoms with E-state index in [0.717, 1.165) is 42.1 Å². The Balaban J connectivity index is 1.83. The standard InChI is InChI=1S/C18H24N2O2S/c1-3-4-5-6-11-19-18(21)16-13-23-17(20-16)12-14-7-9-15(22-2)10-8-14/h7-10,13H,3-6,11-12H2,1-2H3,(H,19,21). The molecule has 23 heavy (non-hydrogen) atoms. The number of ether oxygens (including phenoxy) is 1. The SMILES string of the molecule is CCCCCCNC(=O)c1csc(Cc2ccc(OC)cc2)n1. The zero-order chi connectivity index (χ0) is 16.5. The number of aromatic nitrogens is 1. The number of hydrogen-bond donors (Lipinski definition) is 1. The second-order valence-corrected chi connectivity index (χ2v) is 6.41. The van der Waals surface area contributed by atoms with Crippen LogP contribution in [0.25, 0.3) is 0 Å². The summed E-state index contributed by atoms with van der Waals surface area (Å²) in [4.78, 5) is 16.5. The Bertz CT molecular complexity index is 608. The zero-order valence-corrected chi connectivity index (χ0v) is 14.6. The summed E-state index contributed by atoms with van der Waals surface area (Å²) in [5.74, 6) is 0.773. The number of nitrogens with one attached hydrogen (secondary N) is 1. The molecular formula is C18H24N2O2S. The Kier molecular flexibility index (Phi) is 7.07. The van der Waals surface area contributed by atoms with Gasteiger partial charge in [0.2, 0.25) is 0 Å². The molecule has 0 atom stereocenters. The monoisotopic (exact) mass is 332 g/mol. The van der Waals surface area contributed by atoms with E-state index in [2.05, 4.69) is 17.2 Å². The van der Waals surface area contributed by atoms with Crippen LogP contribution in [0, 0.1) is 0 Å². The molecule has 0 spiro atoms. The highest BCUT2D eigenvalue weighted by atomic mass is 32.1. The first-order chi connectivity index (χ1) is 11.2. The first-order valence-electron chi connectivity index (χ1n) is 8.08. The van der Waals surface area contributed by atoms with E-state index in [1.165, 1.54) is 24.2 Å². The van der Waals surface area contributed by atoms with Gasteiger partial charge in [-0.15, -0.1) is 11.3 Å². The van der Waals surface area contributed by atoms with Gasteiger partial charge in [-0.05, 0) is 24.1 Å². The molecule has 1 N–H and O–H groups in total. The highest BCUT2D eigenvalue weighted by Gasteiger charge is 2.10. The number of methoxy groups -OCH3 is 1. The highest BCUT2D eigenvalue weighted by Crippen LogP contribution is 2.17. The average Bonchev–Trinajstić information content (AvgIpc) is 3.04. The Labute approximate surface area is 141 Å². The number of benzene rings is 1. The van der Waals surface area contributed by atoms with Crippen molar-refractivity contribution in [2.24, 2.45) is 0 Å². The normalized spacial score (nSPS) is 10.5. The first kappa shape index (κ1) is 17.5. The third-order valence-corrected chi connectivity index (χ3v) is 4.46. The van der Waals surface area contributed by atoms with Gasteiger partial charge >= 0.3 is 0 Å². The Morgan fingerprint density at radius 3 is 2.70 bits per heavy atom. The van der Waals surface area contributed by atoms with Gasteiger partial charge in [-0.2, -0.15) is 0 Å². The number of thiazole rings is 1. The van der Waals surface area contributed by atoms with E-state index in [9.17, 15) is 4.79 Å². The molecule has 0 aliphatic heterocycles. The number of unbranched alkanes of at least 4 members (excludes halogenated alkanes) is 3. The van der Waals surface area contributed by atoms with Crippen LogP contribution >= 0.6 is 11.3 Å². The predicted octanol–water partition coefficient (Wildman–Crippen LogP) is 4.05. The first-order valence-corrected chi connectivity index (χ1v) is 8.96. The van der Waals surface area contributed by atoms with Gasteiger partial charge in [-0.1, -0.05) is 38.3 Å². The summed E-state index contributed by atoms with van der Waals surface area (Å²) < 4.78 is 5.15. The molecule has 0 radical (unpaired) electrons. The van der Waals surface area contributed by atoms with E-state index in [-0.39, 0.29) is 5.91 Å². The molecule has 0 bridgehead atoms. The van der Waals surface area contributed by atoms with Crippen LogP contribution in [0.2, 0.25) is 0 Å². The van der Waals surface area contributed by atoms with Crippen molar-refractivity contribution in [1.82, 2.24) is 10.3 Å². The van der Waals surface area contributed by atoms with Crippen LogP contribution in [0.4, 0.5) is 0 Å². The largest absolute Gasteiger partial charge is 0.497 e. The topological polar surface area (TPSA) is 51.2 Å². The van der Waals surface area contributed by atoms with Gasteiger partial charge in [0.25, 0.3) is 5.91 Å². The van der Waals surface area contributed by atoms with E-state index in [1.54, 1.807) is 7.11 Å². The molecule has 1 aromatic carbocycles. The predicted molar refractivity (Wildman–Crippen MR) is 94.4 cm³/mol. The Morgan fingerprint density at radius 1 is 1.22 bits per heavy atom. The summed E-state index contributed by atoms with van der Waals surface area (Å²) in [6.45, 7) is 2.91. The van der Waals surface area contributed by atoms with Crippen LogP contribution in [-0.4, -0.2) is 24.5 Å².